The van der Waals surface area contributed by atoms with Crippen molar-refractivity contribution in [2.45, 2.75) is 171 Å². The van der Waals surface area contributed by atoms with E-state index in [0.717, 1.165) is 37.7 Å². The smallest absolute Gasteiger partial charge is 0.338 e. The predicted octanol–water partition coefficient (Wildman–Crippen LogP) is 3.13. The summed E-state index contributed by atoms with van der Waals surface area (Å²) in [6, 6.07) is 6.22. The van der Waals surface area contributed by atoms with Crippen LogP contribution in [0.25, 0.3) is 0 Å². The summed E-state index contributed by atoms with van der Waals surface area (Å²) in [5.41, 5.74) is 1.63. The number of allylic oxidation sites excluding steroid dienone is 2. The zero-order valence-corrected chi connectivity index (χ0v) is 37.9. The van der Waals surface area contributed by atoms with Crippen LogP contribution in [0.2, 0.25) is 0 Å². The highest BCUT2D eigenvalue weighted by Crippen LogP contribution is 2.74. The highest BCUT2D eigenvalue weighted by atomic mass is 16.8. The van der Waals surface area contributed by atoms with E-state index in [1.54, 1.807) is 26.2 Å². The number of methoxy groups -OCH3 is 2. The van der Waals surface area contributed by atoms with Crippen molar-refractivity contribution >= 4 is 5.97 Å². The van der Waals surface area contributed by atoms with Gasteiger partial charge in [-0.3, -0.25) is 0 Å². The largest absolute Gasteiger partial charge is 0.497 e. The van der Waals surface area contributed by atoms with Gasteiger partial charge in [0.15, 0.2) is 31.3 Å². The highest BCUT2D eigenvalue weighted by molar-refractivity contribution is 5.89. The highest BCUT2D eigenvalue weighted by Gasteiger charge is 2.77. The average Bonchev–Trinajstić information content (AvgIpc) is 3.76. The molecule has 4 aliphatic carbocycles. The van der Waals surface area contributed by atoms with Gasteiger partial charge in [-0.25, -0.2) is 4.79 Å². The van der Waals surface area contributed by atoms with Crippen LogP contribution in [0.1, 0.15) is 89.9 Å². The van der Waals surface area contributed by atoms with Gasteiger partial charge in [0, 0.05) is 18.4 Å². The van der Waals surface area contributed by atoms with Crippen LogP contribution in [0.5, 0.6) is 5.75 Å². The minimum atomic E-state index is -1.74. The molecule has 3 saturated carbocycles. The molecule has 7 fully saturated rings. The van der Waals surface area contributed by atoms with E-state index in [2.05, 4.69) is 26.0 Å². The summed E-state index contributed by atoms with van der Waals surface area (Å²) >= 11 is 0. The molecule has 4 aliphatic heterocycles. The second-order valence-corrected chi connectivity index (χ2v) is 20.4. The van der Waals surface area contributed by atoms with Crippen LogP contribution in [0, 0.1) is 40.4 Å². The van der Waals surface area contributed by atoms with Crippen molar-refractivity contribution in [2.75, 3.05) is 20.8 Å². The van der Waals surface area contributed by atoms with Crippen molar-refractivity contribution in [3.8, 4) is 5.75 Å². The summed E-state index contributed by atoms with van der Waals surface area (Å²) in [4.78, 5) is 13.0. The molecule has 0 bridgehead atoms. The Morgan fingerprint density at radius 3 is 2.30 bits per heavy atom. The van der Waals surface area contributed by atoms with Gasteiger partial charge in [0.25, 0.3) is 0 Å². The number of fused-ring (bicyclic) bond motifs is 4. The number of carbonyl (C=O) groups excluding carboxylic acids is 1. The molecule has 8 aliphatic rings. The fourth-order valence-corrected chi connectivity index (χ4v) is 13.9. The SMILES string of the molecule is COc1ccc(C(=O)O[C@@H]2[C@@H](O)[C@@H](O)[C@H](O[C@H]3[C@H](O[C@@H]4CC[C@@]5(C)C(=CC[C@H]6[C@@H]7C[C@@H]8O[C@@H](O)[C@H](C=C(C)C)[C@]9(C)O[C@H](OC)[C@@]7(CC[C@@H]65)[C@H]89)C4)O[C@H](CO)[C@@H](O)[C@@H]3O)O[C@H]2C)cc1. The first-order valence-electron chi connectivity index (χ1n) is 23.2. The topological polar surface area (TPSA) is 222 Å². The quantitative estimate of drug-likeness (QED) is 0.147. The molecule has 16 nitrogen and oxygen atoms in total. The van der Waals surface area contributed by atoms with Crippen LogP contribution < -0.4 is 4.74 Å². The monoisotopic (exact) mass is 900 g/mol. The molecule has 0 radical (unpaired) electrons. The van der Waals surface area contributed by atoms with Gasteiger partial charge in [0.1, 0.15) is 42.4 Å². The van der Waals surface area contributed by atoms with Crippen molar-refractivity contribution in [1.29, 1.82) is 0 Å². The molecule has 0 amide bonds. The lowest BCUT2D eigenvalue weighted by Gasteiger charge is -2.58. The van der Waals surface area contributed by atoms with E-state index in [-0.39, 0.29) is 46.4 Å². The van der Waals surface area contributed by atoms with Crippen molar-refractivity contribution in [2.24, 2.45) is 40.4 Å². The normalized spacial score (nSPS) is 49.4. The maximum atomic E-state index is 13.0. The van der Waals surface area contributed by atoms with Crippen LogP contribution in [0.15, 0.2) is 47.6 Å². The number of hydrogen-bond acceptors (Lipinski definition) is 16. The number of aliphatic hydroxyl groups is 6. The van der Waals surface area contributed by atoms with Gasteiger partial charge in [0.05, 0.1) is 49.1 Å². The molecular formula is C48H68O16. The van der Waals surface area contributed by atoms with Crippen LogP contribution >= 0.6 is 0 Å². The Morgan fingerprint density at radius 2 is 1.61 bits per heavy atom. The zero-order chi connectivity index (χ0) is 45.6. The number of carbonyl (C=O) groups is 1. The number of rotatable bonds is 10. The molecule has 4 saturated heterocycles. The lowest BCUT2D eigenvalue weighted by molar-refractivity contribution is -0.369. The number of esters is 1. The second kappa shape index (κ2) is 17.5. The molecule has 356 valence electrons. The number of aliphatic hydroxyl groups excluding tert-OH is 6. The summed E-state index contributed by atoms with van der Waals surface area (Å²) in [5, 5.41) is 66.3. The summed E-state index contributed by atoms with van der Waals surface area (Å²) in [5.74, 6) is 0.612. The van der Waals surface area contributed by atoms with Crippen molar-refractivity contribution in [3.63, 3.8) is 0 Å². The summed E-state index contributed by atoms with van der Waals surface area (Å²) in [7, 11) is 3.25. The Bertz CT molecular complexity index is 1920. The van der Waals surface area contributed by atoms with E-state index in [0.29, 0.717) is 30.4 Å². The van der Waals surface area contributed by atoms with E-state index in [1.807, 2.05) is 13.8 Å². The molecule has 1 aromatic rings. The van der Waals surface area contributed by atoms with Crippen molar-refractivity contribution in [1.82, 2.24) is 0 Å². The summed E-state index contributed by atoms with van der Waals surface area (Å²) in [6.45, 7) is 9.56. The zero-order valence-electron chi connectivity index (χ0n) is 37.9. The van der Waals surface area contributed by atoms with Crippen LogP contribution in [-0.4, -0.2) is 149 Å². The van der Waals surface area contributed by atoms with E-state index in [4.69, 9.17) is 42.6 Å². The Labute approximate surface area is 374 Å². The van der Waals surface area contributed by atoms with E-state index in [9.17, 15) is 35.4 Å². The molecule has 0 unspecified atom stereocenters. The fourth-order valence-electron chi connectivity index (χ4n) is 13.9. The van der Waals surface area contributed by atoms with Crippen LogP contribution in [0.3, 0.4) is 0 Å². The lowest BCUT2D eigenvalue weighted by Crippen LogP contribution is -2.64. The molecule has 0 aromatic heterocycles. The molecular weight excluding hydrogens is 833 g/mol. The minimum absolute atomic E-state index is 0.0835. The van der Waals surface area contributed by atoms with Gasteiger partial charge < -0.3 is 73.3 Å². The first kappa shape index (κ1) is 46.6. The molecule has 1 spiro atoms. The fraction of sp³-hybridized carbons (Fsp3) is 0.771. The molecule has 9 rings (SSSR count). The van der Waals surface area contributed by atoms with Crippen molar-refractivity contribution in [3.05, 3.63) is 53.1 Å². The predicted molar refractivity (Wildman–Crippen MR) is 225 cm³/mol. The minimum Gasteiger partial charge on any atom is -0.497 e. The third-order valence-corrected chi connectivity index (χ3v) is 16.9. The first-order chi connectivity index (χ1) is 30.5. The second-order valence-electron chi connectivity index (χ2n) is 20.4. The average molecular weight is 901 g/mol. The maximum Gasteiger partial charge on any atom is 0.338 e. The number of ether oxygens (including phenoxy) is 9. The van der Waals surface area contributed by atoms with E-state index < -0.39 is 92.2 Å². The Balaban J connectivity index is 0.895. The summed E-state index contributed by atoms with van der Waals surface area (Å²) in [6.07, 6.45) is -5.87. The molecule has 6 N–H and O–H groups in total. The lowest BCUT2D eigenvalue weighted by atomic mass is 9.46. The molecule has 1 aromatic carbocycles. The third kappa shape index (κ3) is 7.42. The Kier molecular flexibility index (Phi) is 12.7. The van der Waals surface area contributed by atoms with Crippen molar-refractivity contribution < 1.29 is 78.1 Å². The third-order valence-electron chi connectivity index (χ3n) is 16.9. The molecule has 22 atom stereocenters. The van der Waals surface area contributed by atoms with Gasteiger partial charge in [0.2, 0.25) is 0 Å². The van der Waals surface area contributed by atoms with Gasteiger partial charge in [-0.1, -0.05) is 30.2 Å². The first-order valence-corrected chi connectivity index (χ1v) is 23.2. The molecule has 64 heavy (non-hydrogen) atoms. The Morgan fingerprint density at radius 1 is 0.875 bits per heavy atom. The number of hydrogen-bond donors (Lipinski definition) is 6. The van der Waals surface area contributed by atoms with Gasteiger partial charge in [-0.15, -0.1) is 0 Å². The molecule has 16 heteroatoms. The standard InChI is InChI=1S/C48H68O16/c1-22(2)18-31-42(55)60-32-20-30-28-13-10-25-19-27(14-16-46(25,4)29(28)15-17-48(30)40(32)47(31,5)64-45(48)57-7)59-44-39(35(51)34(50)33(21-49)61-44)63-43-37(53)36(52)38(23(3)58-43)62-41(54)24-8-11-26(56-6)12-9-24/h8-12,18,23,27-40,42-45,49-53,55H,13-17,19-21H2,1-7H3/t23-,27+,28+,29-,30-,31-,32-,33+,34+,35-,36-,37+,38-,39+,40+,42+,43-,44+,45-,46-,47-,48+/m0/s1. The van der Waals surface area contributed by atoms with Gasteiger partial charge in [-0.2, -0.15) is 0 Å². The van der Waals surface area contributed by atoms with Crippen LogP contribution in [-0.2, 0) is 37.9 Å². The van der Waals surface area contributed by atoms with Gasteiger partial charge in [-0.05, 0) is 120 Å². The maximum absolute atomic E-state index is 13.0. The van der Waals surface area contributed by atoms with Gasteiger partial charge >= 0.3 is 5.97 Å². The number of benzene rings is 1. The van der Waals surface area contributed by atoms with E-state index in [1.165, 1.54) is 24.8 Å². The van der Waals surface area contributed by atoms with E-state index >= 15 is 0 Å². The molecule has 4 heterocycles. The summed E-state index contributed by atoms with van der Waals surface area (Å²) < 4.78 is 55.2. The Hall–Kier alpha value is -2.55. The van der Waals surface area contributed by atoms with Crippen LogP contribution in [0.4, 0.5) is 0 Å².